The molecular formula is C19H20N2O3. The van der Waals surface area contributed by atoms with E-state index in [1.807, 2.05) is 29.2 Å². The first kappa shape index (κ1) is 15.0. The monoisotopic (exact) mass is 324 g/mol. The summed E-state index contributed by atoms with van der Waals surface area (Å²) in [5.41, 5.74) is 1.74. The highest BCUT2D eigenvalue weighted by atomic mass is 16.5. The number of nitrogens with zero attached hydrogens (tertiary/aromatic N) is 2. The van der Waals surface area contributed by atoms with Crippen molar-refractivity contribution in [1.29, 1.82) is 0 Å². The molecule has 0 unspecified atom stereocenters. The Balaban J connectivity index is 1.61. The third-order valence-corrected chi connectivity index (χ3v) is 4.58. The normalized spacial score (nSPS) is 19.8. The number of pyridine rings is 1. The topological polar surface area (TPSA) is 51.7 Å². The van der Waals surface area contributed by atoms with Crippen LogP contribution in [0.3, 0.4) is 0 Å². The number of carbonyl (C=O) groups is 1. The number of fused-ring (bicyclic) bond motifs is 1. The number of rotatable bonds is 2. The second-order valence-corrected chi connectivity index (χ2v) is 6.15. The van der Waals surface area contributed by atoms with Gasteiger partial charge in [-0.1, -0.05) is 6.07 Å². The van der Waals surface area contributed by atoms with Gasteiger partial charge in [-0.05, 0) is 42.7 Å². The van der Waals surface area contributed by atoms with Crippen LogP contribution in [0, 0.1) is 0 Å². The summed E-state index contributed by atoms with van der Waals surface area (Å²) in [5, 5.41) is 0. The molecule has 0 saturated carbocycles. The fourth-order valence-electron chi connectivity index (χ4n) is 3.40. The Morgan fingerprint density at radius 1 is 1.12 bits per heavy atom. The largest absolute Gasteiger partial charge is 0.490 e. The lowest BCUT2D eigenvalue weighted by Gasteiger charge is -2.25. The van der Waals surface area contributed by atoms with E-state index < -0.39 is 0 Å². The van der Waals surface area contributed by atoms with E-state index in [9.17, 15) is 4.79 Å². The fraction of sp³-hybridized carbons (Fsp3) is 0.368. The first-order valence-electron chi connectivity index (χ1n) is 8.43. The van der Waals surface area contributed by atoms with Crippen LogP contribution in [0.15, 0.2) is 42.7 Å². The predicted octanol–water partition coefficient (Wildman–Crippen LogP) is 3.22. The molecule has 2 aliphatic rings. The van der Waals surface area contributed by atoms with E-state index in [0.29, 0.717) is 18.8 Å². The lowest BCUT2D eigenvalue weighted by molar-refractivity contribution is 0.0735. The molecule has 1 atom stereocenters. The highest BCUT2D eigenvalue weighted by Crippen LogP contribution is 2.38. The van der Waals surface area contributed by atoms with Crippen LogP contribution in [0.1, 0.15) is 41.2 Å². The smallest absolute Gasteiger partial charge is 0.255 e. The number of hydrogen-bond donors (Lipinski definition) is 0. The molecule has 24 heavy (non-hydrogen) atoms. The quantitative estimate of drug-likeness (QED) is 0.851. The summed E-state index contributed by atoms with van der Waals surface area (Å²) < 4.78 is 11.5. The van der Waals surface area contributed by atoms with Gasteiger partial charge in [0, 0.05) is 25.4 Å². The lowest BCUT2D eigenvalue weighted by Crippen LogP contribution is -2.30. The summed E-state index contributed by atoms with van der Waals surface area (Å²) in [6.07, 6.45) is 6.17. The Kier molecular flexibility index (Phi) is 4.07. The van der Waals surface area contributed by atoms with Crippen molar-refractivity contribution in [3.8, 4) is 11.5 Å². The van der Waals surface area contributed by atoms with Crippen LogP contribution in [0.4, 0.5) is 0 Å². The van der Waals surface area contributed by atoms with E-state index in [2.05, 4.69) is 4.98 Å². The molecule has 0 aliphatic carbocycles. The van der Waals surface area contributed by atoms with Crippen molar-refractivity contribution < 1.29 is 14.3 Å². The Hall–Kier alpha value is -2.56. The summed E-state index contributed by atoms with van der Waals surface area (Å²) in [6, 6.07) is 9.73. The zero-order valence-electron chi connectivity index (χ0n) is 13.5. The van der Waals surface area contributed by atoms with Gasteiger partial charge in [0.05, 0.1) is 24.8 Å². The molecule has 2 aromatic rings. The number of amides is 1. The number of likely N-dealkylation sites (tertiary alicyclic amines) is 1. The minimum Gasteiger partial charge on any atom is -0.490 e. The van der Waals surface area contributed by atoms with Crippen molar-refractivity contribution in [2.75, 3.05) is 19.8 Å². The molecule has 4 rings (SSSR count). The Labute approximate surface area is 141 Å². The van der Waals surface area contributed by atoms with E-state index in [0.717, 1.165) is 42.9 Å². The summed E-state index contributed by atoms with van der Waals surface area (Å²) in [5.74, 6) is 1.61. The van der Waals surface area contributed by atoms with Crippen molar-refractivity contribution in [3.63, 3.8) is 0 Å². The van der Waals surface area contributed by atoms with E-state index in [-0.39, 0.29) is 11.9 Å². The molecule has 2 aliphatic heterocycles. The van der Waals surface area contributed by atoms with E-state index in [1.54, 1.807) is 18.5 Å². The number of carbonyl (C=O) groups excluding carboxylic acids is 1. The van der Waals surface area contributed by atoms with Crippen molar-refractivity contribution in [2.45, 2.75) is 25.3 Å². The maximum Gasteiger partial charge on any atom is 0.255 e. The van der Waals surface area contributed by atoms with Gasteiger partial charge in [0.2, 0.25) is 0 Å². The van der Waals surface area contributed by atoms with Crippen LogP contribution in [0.25, 0.3) is 0 Å². The van der Waals surface area contributed by atoms with Crippen molar-refractivity contribution in [1.82, 2.24) is 9.88 Å². The van der Waals surface area contributed by atoms with Crippen molar-refractivity contribution in [2.24, 2.45) is 0 Å². The first-order chi connectivity index (χ1) is 11.8. The molecule has 1 aromatic carbocycles. The second-order valence-electron chi connectivity index (χ2n) is 6.15. The predicted molar refractivity (Wildman–Crippen MR) is 89.3 cm³/mol. The number of aromatic nitrogens is 1. The molecule has 124 valence electrons. The van der Waals surface area contributed by atoms with Gasteiger partial charge in [0.1, 0.15) is 0 Å². The van der Waals surface area contributed by atoms with Gasteiger partial charge in [0.25, 0.3) is 5.91 Å². The molecular weight excluding hydrogens is 304 g/mol. The van der Waals surface area contributed by atoms with Crippen LogP contribution >= 0.6 is 0 Å². The lowest BCUT2D eigenvalue weighted by atomic mass is 10.0. The Morgan fingerprint density at radius 2 is 2.00 bits per heavy atom. The molecule has 0 N–H and O–H groups in total. The second kappa shape index (κ2) is 6.51. The number of hydrogen-bond acceptors (Lipinski definition) is 4. The van der Waals surface area contributed by atoms with Gasteiger partial charge in [0.15, 0.2) is 11.5 Å². The van der Waals surface area contributed by atoms with Crippen LogP contribution in [-0.2, 0) is 0 Å². The number of ether oxygens (including phenoxy) is 2. The van der Waals surface area contributed by atoms with Gasteiger partial charge < -0.3 is 14.4 Å². The molecule has 0 spiro atoms. The number of benzene rings is 1. The van der Waals surface area contributed by atoms with Gasteiger partial charge in [-0.25, -0.2) is 0 Å². The van der Waals surface area contributed by atoms with Crippen LogP contribution < -0.4 is 9.47 Å². The van der Waals surface area contributed by atoms with E-state index in [1.165, 1.54) is 0 Å². The third-order valence-electron chi connectivity index (χ3n) is 4.58. The Morgan fingerprint density at radius 3 is 2.83 bits per heavy atom. The van der Waals surface area contributed by atoms with Gasteiger partial charge >= 0.3 is 0 Å². The highest BCUT2D eigenvalue weighted by Gasteiger charge is 2.31. The maximum absolute atomic E-state index is 12.8. The maximum atomic E-state index is 12.8. The van der Waals surface area contributed by atoms with Crippen molar-refractivity contribution in [3.05, 3.63) is 53.9 Å². The van der Waals surface area contributed by atoms with Crippen LogP contribution in [0.5, 0.6) is 11.5 Å². The summed E-state index contributed by atoms with van der Waals surface area (Å²) >= 11 is 0. The SMILES string of the molecule is O=C(c1cccnc1)N1CCC[C@@H]1c1ccc2c(c1)OCCCO2. The molecule has 3 heterocycles. The minimum atomic E-state index is 0.0395. The summed E-state index contributed by atoms with van der Waals surface area (Å²) in [6.45, 7) is 2.12. The Bertz CT molecular complexity index is 733. The standard InChI is InChI=1S/C19H20N2O3/c22-19(15-4-1-8-20-13-15)21-9-2-5-16(21)14-6-7-17-18(12-14)24-11-3-10-23-17/h1,4,6-8,12-13,16H,2-3,5,9-11H2/t16-/m1/s1. The molecule has 0 radical (unpaired) electrons. The van der Waals surface area contributed by atoms with Gasteiger partial charge in [-0.15, -0.1) is 0 Å². The van der Waals surface area contributed by atoms with E-state index >= 15 is 0 Å². The third kappa shape index (κ3) is 2.82. The molecule has 1 amide bonds. The summed E-state index contributed by atoms with van der Waals surface area (Å²) in [4.78, 5) is 18.8. The van der Waals surface area contributed by atoms with E-state index in [4.69, 9.17) is 9.47 Å². The average molecular weight is 324 g/mol. The van der Waals surface area contributed by atoms with Crippen LogP contribution in [-0.4, -0.2) is 35.5 Å². The highest BCUT2D eigenvalue weighted by molar-refractivity contribution is 5.94. The van der Waals surface area contributed by atoms with Gasteiger partial charge in [-0.2, -0.15) is 0 Å². The molecule has 0 bridgehead atoms. The molecule has 5 nitrogen and oxygen atoms in total. The molecule has 1 saturated heterocycles. The molecule has 1 fully saturated rings. The molecule has 1 aromatic heterocycles. The molecule has 5 heteroatoms. The minimum absolute atomic E-state index is 0.0395. The first-order valence-corrected chi connectivity index (χ1v) is 8.43. The zero-order chi connectivity index (χ0) is 16.4. The summed E-state index contributed by atoms with van der Waals surface area (Å²) in [7, 11) is 0. The zero-order valence-corrected chi connectivity index (χ0v) is 13.5. The van der Waals surface area contributed by atoms with Crippen molar-refractivity contribution >= 4 is 5.91 Å². The fourth-order valence-corrected chi connectivity index (χ4v) is 3.40. The average Bonchev–Trinajstić information content (AvgIpc) is 3.00. The van der Waals surface area contributed by atoms with Crippen LogP contribution in [0.2, 0.25) is 0 Å². The van der Waals surface area contributed by atoms with Gasteiger partial charge in [-0.3, -0.25) is 9.78 Å².